The number of rotatable bonds is 2. The summed E-state index contributed by atoms with van der Waals surface area (Å²) in [5.41, 5.74) is 12.9. The van der Waals surface area contributed by atoms with Crippen LogP contribution in [-0.4, -0.2) is 20.1 Å². The topological polar surface area (TPSA) is 125 Å². The van der Waals surface area contributed by atoms with E-state index < -0.39 is 10.4 Å². The van der Waals surface area contributed by atoms with Crippen molar-refractivity contribution in [1.82, 2.24) is 0 Å². The Hall–Kier alpha value is -1.67. The summed E-state index contributed by atoms with van der Waals surface area (Å²) in [6.07, 6.45) is 0.262. The Morgan fingerprint density at radius 1 is 1.18 bits per heavy atom. The van der Waals surface area contributed by atoms with Crippen molar-refractivity contribution in [3.8, 4) is 11.5 Å². The maximum atomic E-state index is 11.2. The Labute approximate surface area is 98.3 Å². The predicted molar refractivity (Wildman–Crippen MR) is 61.0 cm³/mol. The molecule has 0 fully saturated rings. The molecule has 17 heavy (non-hydrogen) atoms. The Morgan fingerprint density at radius 2 is 1.71 bits per heavy atom. The smallest absolute Gasteiger partial charge is 0.396 e. The van der Waals surface area contributed by atoms with Gasteiger partial charge in [-0.15, -0.1) is 8.42 Å². The van der Waals surface area contributed by atoms with Crippen molar-refractivity contribution in [2.45, 2.75) is 13.3 Å². The Bertz CT molecular complexity index is 582. The van der Waals surface area contributed by atoms with E-state index in [0.29, 0.717) is 11.1 Å². The van der Waals surface area contributed by atoms with E-state index in [4.69, 9.17) is 16.6 Å². The van der Waals surface area contributed by atoms with Gasteiger partial charge in [-0.25, -0.2) is 0 Å². The maximum absolute atomic E-state index is 11.2. The number of aliphatic hydroxyl groups is 1. The van der Waals surface area contributed by atoms with Crippen LogP contribution in [0.15, 0.2) is 0 Å². The number of nitrogens with two attached hydrogens (primary N) is 2. The number of nitrogen functional groups attached to an aromatic ring is 2. The molecule has 1 aromatic rings. The van der Waals surface area contributed by atoms with Crippen molar-refractivity contribution in [2.24, 2.45) is 0 Å². The summed E-state index contributed by atoms with van der Waals surface area (Å²) in [7, 11) is -4.12. The van der Waals surface area contributed by atoms with E-state index in [9.17, 15) is 8.42 Å². The van der Waals surface area contributed by atoms with Gasteiger partial charge in [0.1, 0.15) is 0 Å². The number of fused-ring (bicyclic) bond motifs is 1. The summed E-state index contributed by atoms with van der Waals surface area (Å²) in [5.74, 6) is -0.182. The van der Waals surface area contributed by atoms with Gasteiger partial charge in [-0.3, -0.25) is 0 Å². The molecule has 0 amide bonds. The van der Waals surface area contributed by atoms with Crippen molar-refractivity contribution >= 4 is 21.8 Å². The highest BCUT2D eigenvalue weighted by atomic mass is 32.3. The van der Waals surface area contributed by atoms with Gasteiger partial charge in [0.25, 0.3) is 0 Å². The van der Waals surface area contributed by atoms with E-state index in [1.165, 1.54) is 0 Å². The highest BCUT2D eigenvalue weighted by molar-refractivity contribution is 7.82. The minimum atomic E-state index is -4.12. The van der Waals surface area contributed by atoms with Crippen molar-refractivity contribution in [2.75, 3.05) is 18.1 Å². The zero-order valence-electron chi connectivity index (χ0n) is 9.06. The van der Waals surface area contributed by atoms with Crippen LogP contribution in [-0.2, 0) is 16.8 Å². The van der Waals surface area contributed by atoms with E-state index in [2.05, 4.69) is 8.37 Å². The molecule has 1 aliphatic heterocycles. The van der Waals surface area contributed by atoms with Gasteiger partial charge >= 0.3 is 10.4 Å². The molecule has 0 saturated heterocycles. The van der Waals surface area contributed by atoms with E-state index in [0.717, 1.165) is 0 Å². The maximum Gasteiger partial charge on any atom is 0.501 e. The highest BCUT2D eigenvalue weighted by Crippen LogP contribution is 2.48. The number of hydrogen-bond donors (Lipinski definition) is 3. The second-order valence-electron chi connectivity index (χ2n) is 3.64. The summed E-state index contributed by atoms with van der Waals surface area (Å²) in [4.78, 5) is 0. The minimum absolute atomic E-state index is 0.0818. The molecule has 0 radical (unpaired) electrons. The van der Waals surface area contributed by atoms with Crippen LogP contribution in [0.2, 0.25) is 0 Å². The Balaban J connectivity index is 2.69. The van der Waals surface area contributed by atoms with Gasteiger partial charge in [0.2, 0.25) is 11.5 Å². The molecule has 5 N–H and O–H groups in total. The average Bonchev–Trinajstić information content (AvgIpc) is 2.58. The van der Waals surface area contributed by atoms with E-state index in [-0.39, 0.29) is 35.9 Å². The zero-order chi connectivity index (χ0) is 12.8. The second-order valence-corrected chi connectivity index (χ2v) is 4.79. The van der Waals surface area contributed by atoms with Gasteiger partial charge in [0.15, 0.2) is 0 Å². The van der Waals surface area contributed by atoms with Crippen LogP contribution in [0, 0.1) is 6.92 Å². The molecule has 8 heteroatoms. The van der Waals surface area contributed by atoms with Crippen molar-refractivity contribution in [1.29, 1.82) is 0 Å². The first-order valence-electron chi connectivity index (χ1n) is 4.82. The molecule has 0 aliphatic carbocycles. The number of aliphatic hydroxyl groups excluding tert-OH is 1. The fraction of sp³-hybridized carbons (Fsp3) is 0.333. The van der Waals surface area contributed by atoms with Gasteiger partial charge < -0.3 is 24.9 Å². The van der Waals surface area contributed by atoms with Gasteiger partial charge in [-0.05, 0) is 24.5 Å². The number of anilines is 2. The van der Waals surface area contributed by atoms with Crippen molar-refractivity contribution < 1.29 is 21.9 Å². The van der Waals surface area contributed by atoms with Crippen LogP contribution >= 0.6 is 0 Å². The average molecular weight is 260 g/mol. The second kappa shape index (κ2) is 3.67. The van der Waals surface area contributed by atoms with Crippen LogP contribution in [0.3, 0.4) is 0 Å². The van der Waals surface area contributed by atoms with Crippen LogP contribution in [0.4, 0.5) is 11.4 Å². The summed E-state index contributed by atoms with van der Waals surface area (Å²) < 4.78 is 31.5. The molecule has 0 saturated carbocycles. The summed E-state index contributed by atoms with van der Waals surface area (Å²) in [6, 6.07) is 0. The third kappa shape index (κ3) is 1.75. The predicted octanol–water partition coefficient (Wildman–Crippen LogP) is -0.290. The van der Waals surface area contributed by atoms with Gasteiger partial charge in [-0.1, -0.05) is 0 Å². The molecule has 7 nitrogen and oxygen atoms in total. The highest BCUT2D eigenvalue weighted by Gasteiger charge is 2.35. The van der Waals surface area contributed by atoms with Gasteiger partial charge in [-0.2, -0.15) is 0 Å². The first-order valence-corrected chi connectivity index (χ1v) is 6.16. The molecule has 0 spiro atoms. The monoisotopic (exact) mass is 260 g/mol. The van der Waals surface area contributed by atoms with Crippen LogP contribution in [0.1, 0.15) is 11.1 Å². The third-order valence-electron chi connectivity index (χ3n) is 2.61. The molecule has 0 atom stereocenters. The molecule has 0 unspecified atom stereocenters. The Kier molecular flexibility index (Phi) is 2.55. The molecule has 1 heterocycles. The molecular formula is C9H12N2O5S. The molecule has 2 rings (SSSR count). The van der Waals surface area contributed by atoms with E-state index in [1.807, 2.05) is 0 Å². The Morgan fingerprint density at radius 3 is 2.24 bits per heavy atom. The van der Waals surface area contributed by atoms with Crippen molar-refractivity contribution in [3.05, 3.63) is 11.1 Å². The standard InChI is InChI=1S/C9H12N2O5S/c1-4-5(2-3-12)7(11)9-8(6(4)10)15-17(13,14)16-9/h12H,2-3,10-11H2,1H3. The molecular weight excluding hydrogens is 248 g/mol. The lowest BCUT2D eigenvalue weighted by Crippen LogP contribution is -2.08. The largest absolute Gasteiger partial charge is 0.501 e. The lowest BCUT2D eigenvalue weighted by Gasteiger charge is -2.12. The van der Waals surface area contributed by atoms with Crippen LogP contribution < -0.4 is 19.8 Å². The SMILES string of the molecule is Cc1c(N)c2c(c(N)c1CCO)OS(=O)(=O)O2. The van der Waals surface area contributed by atoms with Gasteiger partial charge in [0.05, 0.1) is 11.4 Å². The van der Waals surface area contributed by atoms with Crippen LogP contribution in [0.5, 0.6) is 11.5 Å². The quantitative estimate of drug-likeness (QED) is 0.624. The fourth-order valence-corrected chi connectivity index (χ4v) is 2.51. The van der Waals surface area contributed by atoms with Gasteiger partial charge in [0, 0.05) is 6.61 Å². The summed E-state index contributed by atoms with van der Waals surface area (Å²) >= 11 is 0. The number of hydrogen-bond acceptors (Lipinski definition) is 7. The zero-order valence-corrected chi connectivity index (χ0v) is 9.87. The first-order chi connectivity index (χ1) is 7.87. The normalized spacial score (nSPS) is 16.1. The summed E-state index contributed by atoms with van der Waals surface area (Å²) in [5, 5.41) is 8.92. The lowest BCUT2D eigenvalue weighted by molar-refractivity contribution is 0.299. The lowest BCUT2D eigenvalue weighted by atomic mass is 10.0. The first kappa shape index (κ1) is 11.8. The molecule has 94 valence electrons. The molecule has 0 aromatic heterocycles. The molecule has 1 aromatic carbocycles. The van der Waals surface area contributed by atoms with Crippen molar-refractivity contribution in [3.63, 3.8) is 0 Å². The third-order valence-corrected chi connectivity index (χ3v) is 3.35. The van der Waals surface area contributed by atoms with E-state index >= 15 is 0 Å². The minimum Gasteiger partial charge on any atom is -0.396 e. The molecule has 0 bridgehead atoms. The number of benzene rings is 1. The van der Waals surface area contributed by atoms with Crippen LogP contribution in [0.25, 0.3) is 0 Å². The fourth-order valence-electron chi connectivity index (χ4n) is 1.74. The molecule has 1 aliphatic rings. The summed E-state index contributed by atoms with van der Waals surface area (Å²) in [6.45, 7) is 1.54. The van der Waals surface area contributed by atoms with E-state index in [1.54, 1.807) is 6.92 Å².